The van der Waals surface area contributed by atoms with Gasteiger partial charge in [-0.05, 0) is 43.7 Å². The van der Waals surface area contributed by atoms with Crippen LogP contribution in [0.15, 0.2) is 42.5 Å². The van der Waals surface area contributed by atoms with E-state index >= 15 is 0 Å². The third-order valence-electron chi connectivity index (χ3n) is 3.70. The fourth-order valence-electron chi connectivity index (χ4n) is 2.62. The van der Waals surface area contributed by atoms with E-state index in [4.69, 9.17) is 10.5 Å². The summed E-state index contributed by atoms with van der Waals surface area (Å²) in [6, 6.07) is 13.7. The highest BCUT2D eigenvalue weighted by atomic mass is 16.5. The molecule has 0 aliphatic rings. The van der Waals surface area contributed by atoms with Gasteiger partial charge in [0.25, 0.3) is 0 Å². The highest BCUT2D eigenvalue weighted by molar-refractivity contribution is 6.03. The molecule has 0 unspecified atom stereocenters. The van der Waals surface area contributed by atoms with E-state index in [9.17, 15) is 0 Å². The van der Waals surface area contributed by atoms with Crippen molar-refractivity contribution in [3.63, 3.8) is 0 Å². The number of nitrogens with two attached hydrogens (primary N) is 1. The van der Waals surface area contributed by atoms with E-state index < -0.39 is 0 Å². The summed E-state index contributed by atoms with van der Waals surface area (Å²) in [6.45, 7) is 4.02. The standard InChI is InChI=1S/C18H19N3O/c1-11-8-9-13(19)17-15(10-12(2)20-18(11)17)21-14-6-4-5-7-16(14)22-3/h4-10H,19H2,1-3H3,(H,20,21). The molecule has 0 atom stereocenters. The zero-order chi connectivity index (χ0) is 15.7. The van der Waals surface area contributed by atoms with Gasteiger partial charge in [-0.3, -0.25) is 4.98 Å². The van der Waals surface area contributed by atoms with E-state index in [2.05, 4.69) is 10.3 Å². The number of hydrogen-bond donors (Lipinski definition) is 2. The maximum atomic E-state index is 6.19. The van der Waals surface area contributed by atoms with Crippen LogP contribution in [0.1, 0.15) is 11.3 Å². The molecule has 0 amide bonds. The smallest absolute Gasteiger partial charge is 0.142 e. The summed E-state index contributed by atoms with van der Waals surface area (Å²) in [5, 5.41) is 4.37. The topological polar surface area (TPSA) is 60.2 Å². The number of nitrogens with one attached hydrogen (secondary N) is 1. The molecule has 3 N–H and O–H groups in total. The Morgan fingerprint density at radius 1 is 1.05 bits per heavy atom. The predicted octanol–water partition coefficient (Wildman–Crippen LogP) is 4.19. The van der Waals surface area contributed by atoms with Gasteiger partial charge in [-0.2, -0.15) is 0 Å². The molecule has 0 aliphatic carbocycles. The third kappa shape index (κ3) is 2.44. The van der Waals surface area contributed by atoms with Crippen LogP contribution in [0.25, 0.3) is 10.9 Å². The fraction of sp³-hybridized carbons (Fsp3) is 0.167. The van der Waals surface area contributed by atoms with Crippen molar-refractivity contribution in [1.82, 2.24) is 4.98 Å². The molecule has 4 nitrogen and oxygen atoms in total. The van der Waals surface area contributed by atoms with Crippen molar-refractivity contribution in [3.8, 4) is 5.75 Å². The van der Waals surface area contributed by atoms with Crippen molar-refractivity contribution >= 4 is 28.0 Å². The van der Waals surface area contributed by atoms with Crippen molar-refractivity contribution < 1.29 is 4.74 Å². The Morgan fingerprint density at radius 3 is 2.59 bits per heavy atom. The van der Waals surface area contributed by atoms with Crippen molar-refractivity contribution in [2.75, 3.05) is 18.2 Å². The number of benzene rings is 2. The van der Waals surface area contributed by atoms with Crippen molar-refractivity contribution in [2.24, 2.45) is 0 Å². The summed E-state index contributed by atoms with van der Waals surface area (Å²) in [5.41, 5.74) is 11.7. The summed E-state index contributed by atoms with van der Waals surface area (Å²) in [6.07, 6.45) is 0. The molecule has 0 bridgehead atoms. The first-order valence-electron chi connectivity index (χ1n) is 7.16. The number of nitrogens with zero attached hydrogens (tertiary/aromatic N) is 1. The molecule has 0 radical (unpaired) electrons. The average molecular weight is 293 g/mol. The van der Waals surface area contributed by atoms with Gasteiger partial charge in [0.05, 0.1) is 24.0 Å². The lowest BCUT2D eigenvalue weighted by Gasteiger charge is -2.15. The van der Waals surface area contributed by atoms with Gasteiger partial charge in [0, 0.05) is 16.8 Å². The number of methoxy groups -OCH3 is 1. The van der Waals surface area contributed by atoms with Gasteiger partial charge in [0.1, 0.15) is 5.75 Å². The number of ether oxygens (including phenoxy) is 1. The Balaban J connectivity index is 2.20. The molecule has 0 aliphatic heterocycles. The number of aromatic nitrogens is 1. The first kappa shape index (κ1) is 14.2. The van der Waals surface area contributed by atoms with E-state index in [-0.39, 0.29) is 0 Å². The Morgan fingerprint density at radius 2 is 1.82 bits per heavy atom. The minimum Gasteiger partial charge on any atom is -0.495 e. The monoisotopic (exact) mass is 293 g/mol. The second kappa shape index (κ2) is 5.56. The Kier molecular flexibility index (Phi) is 3.59. The quantitative estimate of drug-likeness (QED) is 0.711. The van der Waals surface area contributed by atoms with Crippen LogP contribution in [0.5, 0.6) is 5.75 Å². The summed E-state index contributed by atoms with van der Waals surface area (Å²) in [4.78, 5) is 4.63. The van der Waals surface area contributed by atoms with Crippen molar-refractivity contribution in [2.45, 2.75) is 13.8 Å². The summed E-state index contributed by atoms with van der Waals surface area (Å²) < 4.78 is 5.40. The van der Waals surface area contributed by atoms with Gasteiger partial charge < -0.3 is 15.8 Å². The van der Waals surface area contributed by atoms with Gasteiger partial charge in [-0.1, -0.05) is 18.2 Å². The lowest BCUT2D eigenvalue weighted by Crippen LogP contribution is -2.00. The number of fused-ring (bicyclic) bond motifs is 1. The van der Waals surface area contributed by atoms with E-state index in [0.29, 0.717) is 5.69 Å². The molecule has 3 aromatic rings. The minimum atomic E-state index is 0.713. The summed E-state index contributed by atoms with van der Waals surface area (Å²) >= 11 is 0. The second-order valence-electron chi connectivity index (χ2n) is 5.33. The Hall–Kier alpha value is -2.75. The Bertz CT molecular complexity index is 843. The second-order valence-corrected chi connectivity index (χ2v) is 5.33. The zero-order valence-corrected chi connectivity index (χ0v) is 13.0. The molecule has 22 heavy (non-hydrogen) atoms. The maximum Gasteiger partial charge on any atom is 0.142 e. The van der Waals surface area contributed by atoms with Crippen molar-refractivity contribution in [3.05, 3.63) is 53.7 Å². The minimum absolute atomic E-state index is 0.713. The van der Waals surface area contributed by atoms with Gasteiger partial charge >= 0.3 is 0 Å². The number of para-hydroxylation sites is 2. The zero-order valence-electron chi connectivity index (χ0n) is 13.0. The first-order chi connectivity index (χ1) is 10.6. The Labute approximate surface area is 129 Å². The lowest BCUT2D eigenvalue weighted by molar-refractivity contribution is 0.417. The molecular formula is C18H19N3O. The van der Waals surface area contributed by atoms with Gasteiger partial charge in [-0.15, -0.1) is 0 Å². The number of pyridine rings is 1. The first-order valence-corrected chi connectivity index (χ1v) is 7.16. The van der Waals surface area contributed by atoms with Crippen LogP contribution in [-0.2, 0) is 0 Å². The molecule has 112 valence electrons. The van der Waals surface area contributed by atoms with Crippen LogP contribution >= 0.6 is 0 Å². The summed E-state index contributed by atoms with van der Waals surface area (Å²) in [5.74, 6) is 0.788. The van der Waals surface area contributed by atoms with Crippen LogP contribution in [-0.4, -0.2) is 12.1 Å². The predicted molar refractivity (Wildman–Crippen MR) is 91.9 cm³/mol. The largest absolute Gasteiger partial charge is 0.495 e. The van der Waals surface area contributed by atoms with Crippen LogP contribution in [0.4, 0.5) is 17.1 Å². The van der Waals surface area contributed by atoms with Crippen LogP contribution < -0.4 is 15.8 Å². The molecule has 4 heteroatoms. The van der Waals surface area contributed by atoms with Gasteiger partial charge in [0.2, 0.25) is 0 Å². The highest BCUT2D eigenvalue weighted by Crippen LogP contribution is 2.35. The van der Waals surface area contributed by atoms with Crippen LogP contribution in [0.2, 0.25) is 0 Å². The molecule has 3 rings (SSSR count). The SMILES string of the molecule is COc1ccccc1Nc1cc(C)nc2c(C)ccc(N)c12. The lowest BCUT2D eigenvalue weighted by atomic mass is 10.1. The highest BCUT2D eigenvalue weighted by Gasteiger charge is 2.11. The fourth-order valence-corrected chi connectivity index (χ4v) is 2.62. The van der Waals surface area contributed by atoms with E-state index in [1.165, 1.54) is 0 Å². The maximum absolute atomic E-state index is 6.19. The molecule has 1 heterocycles. The number of aryl methyl sites for hydroxylation is 2. The molecule has 0 saturated carbocycles. The molecule has 0 fully saturated rings. The van der Waals surface area contributed by atoms with E-state index in [1.54, 1.807) is 7.11 Å². The molecule has 0 saturated heterocycles. The third-order valence-corrected chi connectivity index (χ3v) is 3.70. The molecule has 2 aromatic carbocycles. The molecule has 0 spiro atoms. The van der Waals surface area contributed by atoms with Crippen LogP contribution in [0.3, 0.4) is 0 Å². The number of anilines is 3. The summed E-state index contributed by atoms with van der Waals surface area (Å²) in [7, 11) is 1.66. The number of rotatable bonds is 3. The van der Waals surface area contributed by atoms with Gasteiger partial charge in [0.15, 0.2) is 0 Å². The number of nitrogen functional groups attached to an aromatic ring is 1. The molecular weight excluding hydrogens is 274 g/mol. The van der Waals surface area contributed by atoms with Crippen LogP contribution in [0, 0.1) is 13.8 Å². The van der Waals surface area contributed by atoms with Crippen molar-refractivity contribution in [1.29, 1.82) is 0 Å². The van der Waals surface area contributed by atoms with E-state index in [0.717, 1.165) is 39.3 Å². The van der Waals surface area contributed by atoms with E-state index in [1.807, 2.05) is 56.3 Å². The molecule has 1 aromatic heterocycles. The number of hydrogen-bond acceptors (Lipinski definition) is 4. The average Bonchev–Trinajstić information content (AvgIpc) is 2.51. The van der Waals surface area contributed by atoms with Gasteiger partial charge in [-0.25, -0.2) is 0 Å². The normalized spacial score (nSPS) is 10.7.